The highest BCUT2D eigenvalue weighted by Crippen LogP contribution is 2.43. The maximum absolute atomic E-state index is 13.6. The van der Waals surface area contributed by atoms with Gasteiger partial charge in [0.2, 0.25) is 5.95 Å². The molecular formula is C34H34F6N4O5. The predicted octanol–water partition coefficient (Wildman–Crippen LogP) is 7.84. The molecule has 15 heteroatoms. The number of carboxylic acid groups (broad SMARTS) is 1. The highest BCUT2D eigenvalue weighted by Gasteiger charge is 2.44. The quantitative estimate of drug-likeness (QED) is 0.238. The molecule has 9 nitrogen and oxygen atoms in total. The van der Waals surface area contributed by atoms with Crippen LogP contribution < -0.4 is 9.64 Å². The Morgan fingerprint density at radius 1 is 0.959 bits per heavy atom. The zero-order valence-corrected chi connectivity index (χ0v) is 26.6. The topological polar surface area (TPSA) is 105 Å². The number of cyclic esters (lactones) is 1. The van der Waals surface area contributed by atoms with Crippen LogP contribution in [-0.2, 0) is 28.4 Å². The van der Waals surface area contributed by atoms with Gasteiger partial charge in [-0.05, 0) is 86.4 Å². The predicted molar refractivity (Wildman–Crippen MR) is 164 cm³/mol. The van der Waals surface area contributed by atoms with Crippen molar-refractivity contribution < 1.29 is 50.5 Å². The van der Waals surface area contributed by atoms with E-state index >= 15 is 0 Å². The summed E-state index contributed by atoms with van der Waals surface area (Å²) < 4.78 is 92.9. The minimum absolute atomic E-state index is 0.0342. The number of aliphatic carboxylic acids is 1. The SMILES string of the molecule is COc1ccc([C@H]2CC[C@H](C(=O)O)CC2)cc1-c1cnc(N2CCC2)nc1CN1C(=O)O[C@H](c2cc(C(F)(F)F)cc(C(F)(F)F)c2)[C@@H]1C. The van der Waals surface area contributed by atoms with Gasteiger partial charge in [0.1, 0.15) is 11.9 Å². The van der Waals surface area contributed by atoms with Crippen molar-refractivity contribution in [3.05, 3.63) is 70.5 Å². The van der Waals surface area contributed by atoms with E-state index in [2.05, 4.69) is 4.98 Å². The zero-order chi connectivity index (χ0) is 35.2. The molecule has 0 bridgehead atoms. The number of carbonyl (C=O) groups is 2. The second-order valence-electron chi connectivity index (χ2n) is 12.7. The molecule has 1 N–H and O–H groups in total. The van der Waals surface area contributed by atoms with Gasteiger partial charge in [-0.1, -0.05) is 6.07 Å². The summed E-state index contributed by atoms with van der Waals surface area (Å²) in [7, 11) is 1.50. The minimum atomic E-state index is -5.06. The van der Waals surface area contributed by atoms with Crippen LogP contribution in [0.5, 0.6) is 5.75 Å². The van der Waals surface area contributed by atoms with Crippen molar-refractivity contribution in [1.29, 1.82) is 0 Å². The molecule has 3 aromatic rings. The standard InChI is InChI=1S/C34H34F6N4O5/c1-18-29(22-12-23(33(35,36)37)15-24(13-22)34(38,39)40)49-32(47)44(18)17-27-26(16-41-31(42-27)43-10-3-11-43)25-14-21(8-9-28(25)48-2)19-4-6-20(7-5-19)30(45)46/h8-9,12-16,18-20,29H,3-7,10-11,17H2,1-2H3,(H,45,46)/t18-,19-,20-,29-/m0/s1. The number of alkyl halides is 6. The number of hydrogen-bond donors (Lipinski definition) is 1. The second kappa shape index (κ2) is 13.0. The van der Waals surface area contributed by atoms with Crippen LogP contribution in [-0.4, -0.2) is 58.3 Å². The van der Waals surface area contributed by atoms with Crippen LogP contribution in [0, 0.1) is 5.92 Å². The highest BCUT2D eigenvalue weighted by molar-refractivity contribution is 5.75. The first-order chi connectivity index (χ1) is 23.1. The van der Waals surface area contributed by atoms with Gasteiger partial charge in [-0.2, -0.15) is 26.3 Å². The lowest BCUT2D eigenvalue weighted by atomic mass is 9.78. The third-order valence-corrected chi connectivity index (χ3v) is 9.71. The minimum Gasteiger partial charge on any atom is -0.496 e. The van der Waals surface area contributed by atoms with Crippen LogP contribution >= 0.6 is 0 Å². The first-order valence-electron chi connectivity index (χ1n) is 15.9. The fourth-order valence-electron chi connectivity index (χ4n) is 6.75. The fraction of sp³-hybridized carbons (Fsp3) is 0.471. The van der Waals surface area contributed by atoms with Gasteiger partial charge in [-0.25, -0.2) is 14.8 Å². The second-order valence-corrected chi connectivity index (χ2v) is 12.7. The number of carbonyl (C=O) groups excluding carboxylic acids is 1. The van der Waals surface area contributed by atoms with E-state index < -0.39 is 53.3 Å². The summed E-state index contributed by atoms with van der Waals surface area (Å²) in [4.78, 5) is 37.3. The molecule has 0 spiro atoms. The monoisotopic (exact) mass is 692 g/mol. The van der Waals surface area contributed by atoms with Crippen LogP contribution in [0.15, 0.2) is 42.6 Å². The van der Waals surface area contributed by atoms with Gasteiger partial charge in [0, 0.05) is 30.4 Å². The Morgan fingerprint density at radius 2 is 1.61 bits per heavy atom. The summed E-state index contributed by atoms with van der Waals surface area (Å²) in [5.41, 5.74) is -0.942. The Bertz CT molecular complexity index is 1700. The number of nitrogens with zero attached hydrogens (tertiary/aromatic N) is 4. The van der Waals surface area contributed by atoms with Crippen LogP contribution in [0.25, 0.3) is 11.1 Å². The van der Waals surface area contributed by atoms with Gasteiger partial charge < -0.3 is 19.5 Å². The third-order valence-electron chi connectivity index (χ3n) is 9.71. The maximum atomic E-state index is 13.6. The van der Waals surface area contributed by atoms with E-state index in [9.17, 15) is 41.0 Å². The number of ether oxygens (including phenoxy) is 2. The molecule has 2 aliphatic heterocycles. The highest BCUT2D eigenvalue weighted by atomic mass is 19.4. The number of anilines is 1. The van der Waals surface area contributed by atoms with Crippen LogP contribution in [0.3, 0.4) is 0 Å². The molecule has 262 valence electrons. The maximum Gasteiger partial charge on any atom is 0.416 e. The Kier molecular flexibility index (Phi) is 9.14. The molecule has 3 aliphatic rings. The number of carboxylic acids is 1. The number of rotatable bonds is 8. The number of amides is 1. The number of benzene rings is 2. The van der Waals surface area contributed by atoms with Gasteiger partial charge in [-0.15, -0.1) is 0 Å². The van der Waals surface area contributed by atoms with E-state index in [-0.39, 0.29) is 24.4 Å². The smallest absolute Gasteiger partial charge is 0.416 e. The van der Waals surface area contributed by atoms with E-state index in [1.54, 1.807) is 12.3 Å². The normalized spacial score (nSPS) is 22.9. The average molecular weight is 693 g/mol. The Balaban J connectivity index is 1.35. The fourth-order valence-corrected chi connectivity index (χ4v) is 6.75. The van der Waals surface area contributed by atoms with Gasteiger partial charge >= 0.3 is 24.4 Å². The van der Waals surface area contributed by atoms with Crippen molar-refractivity contribution in [1.82, 2.24) is 14.9 Å². The van der Waals surface area contributed by atoms with Gasteiger partial charge in [0.05, 0.1) is 42.4 Å². The van der Waals surface area contributed by atoms with E-state index in [0.717, 1.165) is 25.1 Å². The molecule has 49 heavy (non-hydrogen) atoms. The molecule has 1 aliphatic carbocycles. The van der Waals surface area contributed by atoms with E-state index in [1.165, 1.54) is 18.9 Å². The van der Waals surface area contributed by atoms with E-state index in [4.69, 9.17) is 14.5 Å². The summed E-state index contributed by atoms with van der Waals surface area (Å²) in [6.07, 6.45) is -7.45. The average Bonchev–Trinajstić information content (AvgIpc) is 3.31. The molecule has 0 radical (unpaired) electrons. The van der Waals surface area contributed by atoms with Crippen molar-refractivity contribution in [2.45, 2.75) is 76.0 Å². The molecule has 2 atom stereocenters. The molecule has 2 saturated heterocycles. The molecule has 1 amide bonds. The molecule has 3 heterocycles. The number of aromatic nitrogens is 2. The molecule has 1 saturated carbocycles. The Morgan fingerprint density at radius 3 is 2.16 bits per heavy atom. The zero-order valence-electron chi connectivity index (χ0n) is 26.6. The van der Waals surface area contributed by atoms with Crippen molar-refractivity contribution in [3.8, 4) is 16.9 Å². The summed E-state index contributed by atoms with van der Waals surface area (Å²) >= 11 is 0. The van der Waals surface area contributed by atoms with Gasteiger partial charge in [0.25, 0.3) is 0 Å². The lowest BCUT2D eigenvalue weighted by molar-refractivity contribution is -0.144. The Labute approximate surface area is 277 Å². The Hall–Kier alpha value is -4.56. The van der Waals surface area contributed by atoms with E-state index in [0.29, 0.717) is 66.3 Å². The summed E-state index contributed by atoms with van der Waals surface area (Å²) in [6.45, 7) is 2.75. The lowest BCUT2D eigenvalue weighted by Crippen LogP contribution is -2.39. The first-order valence-corrected chi connectivity index (χ1v) is 15.9. The van der Waals surface area contributed by atoms with Crippen LogP contribution in [0.2, 0.25) is 0 Å². The molecule has 1 aromatic heterocycles. The van der Waals surface area contributed by atoms with Crippen molar-refractivity contribution in [3.63, 3.8) is 0 Å². The van der Waals surface area contributed by atoms with E-state index in [1.807, 2.05) is 17.0 Å². The summed E-state index contributed by atoms with van der Waals surface area (Å²) in [5, 5.41) is 9.43. The molecule has 0 unspecified atom stereocenters. The van der Waals surface area contributed by atoms with Gasteiger partial charge in [-0.3, -0.25) is 9.69 Å². The molecule has 2 aromatic carbocycles. The van der Waals surface area contributed by atoms with Crippen molar-refractivity contribution >= 4 is 18.0 Å². The largest absolute Gasteiger partial charge is 0.496 e. The van der Waals surface area contributed by atoms with Gasteiger partial charge in [0.15, 0.2) is 0 Å². The molecule has 6 rings (SSSR count). The molecular weight excluding hydrogens is 658 g/mol. The number of methoxy groups -OCH3 is 1. The van der Waals surface area contributed by atoms with Crippen molar-refractivity contribution in [2.75, 3.05) is 25.1 Å². The van der Waals surface area contributed by atoms with Crippen molar-refractivity contribution in [2.24, 2.45) is 5.92 Å². The molecule has 3 fully saturated rings. The van der Waals surface area contributed by atoms with Crippen LogP contribution in [0.1, 0.15) is 79.0 Å². The van der Waals surface area contributed by atoms with Crippen LogP contribution in [0.4, 0.5) is 37.1 Å². The summed E-state index contributed by atoms with van der Waals surface area (Å²) in [6, 6.07) is 5.88. The number of hydrogen-bond acceptors (Lipinski definition) is 7. The summed E-state index contributed by atoms with van der Waals surface area (Å²) in [5.74, 6) is -0.179. The third kappa shape index (κ3) is 6.97. The first kappa shape index (κ1) is 34.3. The number of halogens is 6. The lowest BCUT2D eigenvalue weighted by Gasteiger charge is -2.31.